The lowest BCUT2D eigenvalue weighted by molar-refractivity contribution is -0.134. The molecule has 158 valence electrons. The summed E-state index contributed by atoms with van der Waals surface area (Å²) in [7, 11) is 0. The standard InChI is InChI=1S/C26H29ClO3/c1-2-19-3-4-21(20-5-7-22(27)8-6-20)16-23(19)26-24(28)14-18(15-25(26)29)13-17-9-11-30-12-10-17/h3-8,16-18,26H,2,9-15H2,1H3. The fourth-order valence-corrected chi connectivity index (χ4v) is 5.16. The smallest absolute Gasteiger partial charge is 0.148 e. The maximum atomic E-state index is 13.2. The van der Waals surface area contributed by atoms with Crippen LogP contribution in [0.2, 0.25) is 5.02 Å². The fourth-order valence-electron chi connectivity index (χ4n) is 5.03. The Morgan fingerprint density at radius 1 is 0.900 bits per heavy atom. The van der Waals surface area contributed by atoms with Gasteiger partial charge in [-0.2, -0.15) is 0 Å². The number of benzene rings is 2. The van der Waals surface area contributed by atoms with Gasteiger partial charge in [0.1, 0.15) is 17.5 Å². The third-order valence-corrected chi connectivity index (χ3v) is 6.90. The summed E-state index contributed by atoms with van der Waals surface area (Å²) in [6.45, 7) is 3.69. The zero-order chi connectivity index (χ0) is 21.1. The first kappa shape index (κ1) is 21.3. The Hall–Kier alpha value is -1.97. The maximum Gasteiger partial charge on any atom is 0.148 e. The van der Waals surface area contributed by atoms with E-state index in [1.54, 1.807) is 0 Å². The predicted octanol–water partition coefficient (Wildman–Crippen LogP) is 6.02. The molecule has 0 aromatic heterocycles. The first-order chi connectivity index (χ1) is 14.5. The van der Waals surface area contributed by atoms with Crippen molar-refractivity contribution in [2.24, 2.45) is 11.8 Å². The zero-order valence-electron chi connectivity index (χ0n) is 17.5. The van der Waals surface area contributed by atoms with Gasteiger partial charge < -0.3 is 4.74 Å². The summed E-state index contributed by atoms with van der Waals surface area (Å²) in [5.74, 6) is 0.338. The van der Waals surface area contributed by atoms with Crippen LogP contribution in [0.5, 0.6) is 0 Å². The van der Waals surface area contributed by atoms with Gasteiger partial charge in [0.15, 0.2) is 0 Å². The van der Waals surface area contributed by atoms with Crippen LogP contribution in [-0.4, -0.2) is 24.8 Å². The largest absolute Gasteiger partial charge is 0.381 e. The van der Waals surface area contributed by atoms with Crippen LogP contribution in [0.4, 0.5) is 0 Å². The molecule has 0 atom stereocenters. The summed E-state index contributed by atoms with van der Waals surface area (Å²) in [6.07, 6.45) is 4.90. The van der Waals surface area contributed by atoms with E-state index in [-0.39, 0.29) is 17.5 Å². The normalized spacial score (nSPS) is 23.0. The summed E-state index contributed by atoms with van der Waals surface area (Å²) >= 11 is 6.03. The average Bonchev–Trinajstić information content (AvgIpc) is 2.74. The quantitative estimate of drug-likeness (QED) is 0.551. The molecule has 1 saturated heterocycles. The van der Waals surface area contributed by atoms with Crippen molar-refractivity contribution in [3.8, 4) is 11.1 Å². The van der Waals surface area contributed by atoms with E-state index in [0.717, 1.165) is 61.2 Å². The molecular weight excluding hydrogens is 396 g/mol. The molecule has 2 fully saturated rings. The monoisotopic (exact) mass is 424 g/mol. The van der Waals surface area contributed by atoms with Gasteiger partial charge in [0.05, 0.1) is 0 Å². The van der Waals surface area contributed by atoms with Crippen molar-refractivity contribution in [2.75, 3.05) is 13.2 Å². The Morgan fingerprint density at radius 2 is 1.53 bits per heavy atom. The predicted molar refractivity (Wildman–Crippen MR) is 120 cm³/mol. The number of carbonyl (C=O) groups is 2. The Bertz CT molecular complexity index is 894. The van der Waals surface area contributed by atoms with Crippen LogP contribution in [0, 0.1) is 11.8 Å². The van der Waals surface area contributed by atoms with E-state index in [1.807, 2.05) is 30.3 Å². The third kappa shape index (κ3) is 4.68. The fraction of sp³-hybridized carbons (Fsp3) is 0.462. The lowest BCUT2D eigenvalue weighted by Crippen LogP contribution is -2.33. The van der Waals surface area contributed by atoms with Crippen LogP contribution < -0.4 is 0 Å². The van der Waals surface area contributed by atoms with E-state index in [9.17, 15) is 9.59 Å². The third-order valence-electron chi connectivity index (χ3n) is 6.65. The second-order valence-electron chi connectivity index (χ2n) is 8.71. The van der Waals surface area contributed by atoms with E-state index >= 15 is 0 Å². The molecule has 1 saturated carbocycles. The van der Waals surface area contributed by atoms with Gasteiger partial charge in [-0.1, -0.05) is 42.8 Å². The van der Waals surface area contributed by atoms with Gasteiger partial charge in [-0.3, -0.25) is 9.59 Å². The van der Waals surface area contributed by atoms with Crippen molar-refractivity contribution in [2.45, 2.75) is 51.4 Å². The summed E-state index contributed by atoms with van der Waals surface area (Å²) in [5, 5.41) is 0.692. The number of aryl methyl sites for hydroxylation is 1. The van der Waals surface area contributed by atoms with Crippen LogP contribution in [-0.2, 0) is 20.7 Å². The van der Waals surface area contributed by atoms with Crippen LogP contribution >= 0.6 is 11.6 Å². The molecule has 0 bridgehead atoms. The molecular formula is C26H29ClO3. The van der Waals surface area contributed by atoms with Gasteiger partial charge >= 0.3 is 0 Å². The Kier molecular flexibility index (Phi) is 6.70. The number of rotatable bonds is 5. The Balaban J connectivity index is 1.56. The number of ether oxygens (including phenoxy) is 1. The highest BCUT2D eigenvalue weighted by atomic mass is 35.5. The van der Waals surface area contributed by atoms with Crippen molar-refractivity contribution in [1.82, 2.24) is 0 Å². The number of carbonyl (C=O) groups excluding carboxylic acids is 2. The highest BCUT2D eigenvalue weighted by Gasteiger charge is 2.38. The van der Waals surface area contributed by atoms with Gasteiger partial charge in [0, 0.05) is 31.1 Å². The molecule has 2 aromatic carbocycles. The molecule has 2 aliphatic rings. The molecule has 30 heavy (non-hydrogen) atoms. The topological polar surface area (TPSA) is 43.4 Å². The summed E-state index contributed by atoms with van der Waals surface area (Å²) in [4.78, 5) is 26.3. The van der Waals surface area contributed by atoms with E-state index in [1.165, 1.54) is 0 Å². The molecule has 1 heterocycles. The zero-order valence-corrected chi connectivity index (χ0v) is 18.3. The molecule has 0 radical (unpaired) electrons. The molecule has 0 spiro atoms. The van der Waals surface area contributed by atoms with Gasteiger partial charge in [-0.25, -0.2) is 0 Å². The summed E-state index contributed by atoms with van der Waals surface area (Å²) in [6, 6.07) is 13.8. The van der Waals surface area contributed by atoms with E-state index in [2.05, 4.69) is 19.1 Å². The van der Waals surface area contributed by atoms with E-state index in [0.29, 0.717) is 23.8 Å². The van der Waals surface area contributed by atoms with Gasteiger partial charge in [0.2, 0.25) is 0 Å². The van der Waals surface area contributed by atoms with Crippen molar-refractivity contribution >= 4 is 23.2 Å². The minimum Gasteiger partial charge on any atom is -0.381 e. The Labute approximate surface area is 183 Å². The van der Waals surface area contributed by atoms with Crippen molar-refractivity contribution in [1.29, 1.82) is 0 Å². The Morgan fingerprint density at radius 3 is 2.17 bits per heavy atom. The number of hydrogen-bond acceptors (Lipinski definition) is 3. The van der Waals surface area contributed by atoms with Crippen LogP contribution in [0.3, 0.4) is 0 Å². The van der Waals surface area contributed by atoms with Crippen molar-refractivity contribution in [3.05, 3.63) is 58.6 Å². The lowest BCUT2D eigenvalue weighted by Gasteiger charge is -2.31. The van der Waals surface area contributed by atoms with Gasteiger partial charge in [-0.05, 0) is 78.0 Å². The average molecular weight is 425 g/mol. The molecule has 0 amide bonds. The molecule has 0 N–H and O–H groups in total. The molecule has 0 unspecified atom stereocenters. The molecule has 2 aromatic rings. The van der Waals surface area contributed by atoms with Gasteiger partial charge in [-0.15, -0.1) is 0 Å². The number of ketones is 2. The van der Waals surface area contributed by atoms with E-state index < -0.39 is 5.92 Å². The highest BCUT2D eigenvalue weighted by molar-refractivity contribution is 6.30. The molecule has 1 aliphatic heterocycles. The number of hydrogen-bond donors (Lipinski definition) is 0. The van der Waals surface area contributed by atoms with Crippen molar-refractivity contribution < 1.29 is 14.3 Å². The molecule has 3 nitrogen and oxygen atoms in total. The van der Waals surface area contributed by atoms with E-state index in [4.69, 9.17) is 16.3 Å². The van der Waals surface area contributed by atoms with Crippen molar-refractivity contribution in [3.63, 3.8) is 0 Å². The number of Topliss-reactive ketones (excluding diaryl/α,β-unsaturated/α-hetero) is 2. The van der Waals surface area contributed by atoms with Crippen LogP contribution in [0.15, 0.2) is 42.5 Å². The first-order valence-corrected chi connectivity index (χ1v) is 11.4. The summed E-state index contributed by atoms with van der Waals surface area (Å²) < 4.78 is 5.44. The molecule has 4 heteroatoms. The SMILES string of the molecule is CCc1ccc(-c2ccc(Cl)cc2)cc1C1C(=O)CC(CC2CCOCC2)CC1=O. The molecule has 1 aliphatic carbocycles. The molecule has 4 rings (SSSR count). The minimum absolute atomic E-state index is 0.0891. The second-order valence-corrected chi connectivity index (χ2v) is 9.14. The second kappa shape index (κ2) is 9.45. The summed E-state index contributed by atoms with van der Waals surface area (Å²) in [5.41, 5.74) is 4.03. The number of halogens is 1. The minimum atomic E-state index is -0.613. The maximum absolute atomic E-state index is 13.2. The van der Waals surface area contributed by atoms with Crippen LogP contribution in [0.25, 0.3) is 11.1 Å². The van der Waals surface area contributed by atoms with Gasteiger partial charge in [0.25, 0.3) is 0 Å². The highest BCUT2D eigenvalue weighted by Crippen LogP contribution is 2.38. The van der Waals surface area contributed by atoms with Crippen LogP contribution in [0.1, 0.15) is 56.1 Å². The lowest BCUT2D eigenvalue weighted by atomic mass is 9.72. The first-order valence-electron chi connectivity index (χ1n) is 11.1.